The van der Waals surface area contributed by atoms with Crippen molar-refractivity contribution in [2.45, 2.75) is 6.92 Å². The molecule has 0 aliphatic carbocycles. The molecule has 1 amide bonds. The number of phenols is 1. The lowest BCUT2D eigenvalue weighted by Crippen LogP contribution is -2.21. The fraction of sp³-hybridized carbons (Fsp3) is 0.125. The number of halogens is 2. The Kier molecular flexibility index (Phi) is 5.63. The summed E-state index contributed by atoms with van der Waals surface area (Å²) in [5.74, 6) is -1.58. The summed E-state index contributed by atoms with van der Waals surface area (Å²) in [5, 5.41) is 12.6. The van der Waals surface area contributed by atoms with Crippen LogP contribution in [0.2, 0.25) is 5.02 Å². The van der Waals surface area contributed by atoms with Crippen LogP contribution < -0.4 is 5.32 Å². The molecule has 120 valence electrons. The number of hydrogen-bond donors (Lipinski definition) is 2. The number of benzene rings is 2. The Morgan fingerprint density at radius 2 is 2.00 bits per heavy atom. The van der Waals surface area contributed by atoms with Crippen LogP contribution in [0.5, 0.6) is 5.75 Å². The van der Waals surface area contributed by atoms with Gasteiger partial charge in [-0.05, 0) is 48.9 Å². The number of anilines is 1. The topological polar surface area (TPSA) is 75.6 Å². The average Bonchev–Trinajstić information content (AvgIpc) is 2.48. The molecule has 2 N–H and O–H groups in total. The van der Waals surface area contributed by atoms with Gasteiger partial charge in [0, 0.05) is 15.2 Å². The van der Waals surface area contributed by atoms with Crippen LogP contribution in [0.15, 0.2) is 40.9 Å². The number of amides is 1. The van der Waals surface area contributed by atoms with Crippen LogP contribution in [-0.4, -0.2) is 23.6 Å². The Morgan fingerprint density at radius 3 is 2.65 bits per heavy atom. The standard InChI is InChI=1S/C16H13BrClNO4/c1-9-6-10(17)2-5-13(9)19-15(21)8-23-16(22)12-4-3-11(18)7-14(12)20/h2-7,20H,8H2,1H3,(H,19,21). The number of phenolic OH excluding ortho intramolecular Hbond substituents is 1. The highest BCUT2D eigenvalue weighted by Gasteiger charge is 2.15. The van der Waals surface area contributed by atoms with Crippen molar-refractivity contribution in [1.82, 2.24) is 0 Å². The maximum Gasteiger partial charge on any atom is 0.342 e. The largest absolute Gasteiger partial charge is 0.507 e. The van der Waals surface area contributed by atoms with E-state index in [1.165, 1.54) is 18.2 Å². The Morgan fingerprint density at radius 1 is 1.26 bits per heavy atom. The van der Waals surface area contributed by atoms with Crippen LogP contribution in [-0.2, 0) is 9.53 Å². The molecule has 2 aromatic rings. The highest BCUT2D eigenvalue weighted by Crippen LogP contribution is 2.23. The highest BCUT2D eigenvalue weighted by atomic mass is 79.9. The Labute approximate surface area is 146 Å². The summed E-state index contributed by atoms with van der Waals surface area (Å²) in [6, 6.07) is 9.39. The molecule has 0 aliphatic rings. The summed E-state index contributed by atoms with van der Waals surface area (Å²) in [6.07, 6.45) is 0. The van der Waals surface area contributed by atoms with Crippen molar-refractivity contribution in [2.75, 3.05) is 11.9 Å². The smallest absolute Gasteiger partial charge is 0.342 e. The number of carbonyl (C=O) groups is 2. The molecule has 0 radical (unpaired) electrons. The molecule has 0 aliphatic heterocycles. The lowest BCUT2D eigenvalue weighted by atomic mass is 10.2. The van der Waals surface area contributed by atoms with Crippen LogP contribution >= 0.6 is 27.5 Å². The molecule has 0 atom stereocenters. The summed E-state index contributed by atoms with van der Waals surface area (Å²) in [7, 11) is 0. The summed E-state index contributed by atoms with van der Waals surface area (Å²) in [4.78, 5) is 23.7. The second-order valence-electron chi connectivity index (χ2n) is 4.75. The van der Waals surface area contributed by atoms with Crippen molar-refractivity contribution in [3.8, 4) is 5.75 Å². The van der Waals surface area contributed by atoms with Gasteiger partial charge >= 0.3 is 5.97 Å². The predicted molar refractivity (Wildman–Crippen MR) is 90.9 cm³/mol. The molecule has 7 heteroatoms. The number of aromatic hydroxyl groups is 1. The van der Waals surface area contributed by atoms with E-state index in [4.69, 9.17) is 16.3 Å². The minimum Gasteiger partial charge on any atom is -0.507 e. The summed E-state index contributed by atoms with van der Waals surface area (Å²) < 4.78 is 5.78. The number of nitrogens with one attached hydrogen (secondary N) is 1. The number of ether oxygens (including phenoxy) is 1. The van der Waals surface area contributed by atoms with Crippen LogP contribution in [0.3, 0.4) is 0 Å². The first kappa shape index (κ1) is 17.3. The van der Waals surface area contributed by atoms with Gasteiger partial charge < -0.3 is 15.2 Å². The quantitative estimate of drug-likeness (QED) is 0.766. The number of esters is 1. The SMILES string of the molecule is Cc1cc(Br)ccc1NC(=O)COC(=O)c1ccc(Cl)cc1O. The Bertz CT molecular complexity index is 764. The number of hydrogen-bond acceptors (Lipinski definition) is 4. The van der Waals surface area contributed by atoms with Gasteiger partial charge in [0.25, 0.3) is 5.91 Å². The fourth-order valence-corrected chi connectivity index (χ4v) is 2.48. The molecular weight excluding hydrogens is 386 g/mol. The van der Waals surface area contributed by atoms with Crippen molar-refractivity contribution in [3.63, 3.8) is 0 Å². The van der Waals surface area contributed by atoms with E-state index in [1.807, 2.05) is 13.0 Å². The number of carbonyl (C=O) groups excluding carboxylic acids is 2. The van der Waals surface area contributed by atoms with Crippen LogP contribution in [0.1, 0.15) is 15.9 Å². The van der Waals surface area contributed by atoms with Gasteiger partial charge in [-0.15, -0.1) is 0 Å². The average molecular weight is 399 g/mol. The van der Waals surface area contributed by atoms with Gasteiger partial charge in [0.05, 0.1) is 0 Å². The van der Waals surface area contributed by atoms with Crippen LogP contribution in [0.4, 0.5) is 5.69 Å². The van der Waals surface area contributed by atoms with Crippen LogP contribution in [0, 0.1) is 6.92 Å². The maximum absolute atomic E-state index is 11.8. The molecular formula is C16H13BrClNO4. The summed E-state index contributed by atoms with van der Waals surface area (Å²) >= 11 is 9.02. The summed E-state index contributed by atoms with van der Waals surface area (Å²) in [5.41, 5.74) is 1.44. The van der Waals surface area contributed by atoms with Crippen molar-refractivity contribution in [3.05, 3.63) is 57.0 Å². The van der Waals surface area contributed by atoms with Crippen molar-refractivity contribution >= 4 is 45.1 Å². The molecule has 0 heterocycles. The van der Waals surface area contributed by atoms with E-state index < -0.39 is 18.5 Å². The first-order valence-electron chi connectivity index (χ1n) is 6.58. The number of aryl methyl sites for hydroxylation is 1. The third-order valence-electron chi connectivity index (χ3n) is 2.98. The van der Waals surface area contributed by atoms with E-state index in [0.29, 0.717) is 10.7 Å². The van der Waals surface area contributed by atoms with Crippen molar-refractivity contribution in [1.29, 1.82) is 0 Å². The van der Waals surface area contributed by atoms with E-state index in [9.17, 15) is 14.7 Å². The van der Waals surface area contributed by atoms with E-state index in [0.717, 1.165) is 10.0 Å². The lowest BCUT2D eigenvalue weighted by molar-refractivity contribution is -0.119. The molecule has 2 aromatic carbocycles. The van der Waals surface area contributed by atoms with Gasteiger partial charge in [0.15, 0.2) is 6.61 Å². The minimum atomic E-state index is -0.804. The van der Waals surface area contributed by atoms with Gasteiger partial charge in [-0.1, -0.05) is 27.5 Å². The predicted octanol–water partition coefficient (Wildman–Crippen LogP) is 3.91. The zero-order valence-corrected chi connectivity index (χ0v) is 14.4. The first-order chi connectivity index (χ1) is 10.9. The normalized spacial score (nSPS) is 10.2. The van der Waals surface area contributed by atoms with E-state index in [1.54, 1.807) is 12.1 Å². The van der Waals surface area contributed by atoms with Crippen molar-refractivity contribution in [2.24, 2.45) is 0 Å². The maximum atomic E-state index is 11.8. The molecule has 0 bridgehead atoms. The van der Waals surface area contributed by atoms with Gasteiger partial charge in [0.1, 0.15) is 11.3 Å². The highest BCUT2D eigenvalue weighted by molar-refractivity contribution is 9.10. The third kappa shape index (κ3) is 4.71. The molecule has 5 nitrogen and oxygen atoms in total. The molecule has 23 heavy (non-hydrogen) atoms. The Hall–Kier alpha value is -2.05. The monoisotopic (exact) mass is 397 g/mol. The van der Waals surface area contributed by atoms with Crippen LogP contribution in [0.25, 0.3) is 0 Å². The van der Waals surface area contributed by atoms with Gasteiger partial charge in [-0.25, -0.2) is 4.79 Å². The van der Waals surface area contributed by atoms with Gasteiger partial charge in [-0.2, -0.15) is 0 Å². The van der Waals surface area contributed by atoms with E-state index >= 15 is 0 Å². The second kappa shape index (κ2) is 7.48. The molecule has 0 fully saturated rings. The minimum absolute atomic E-state index is 0.0537. The molecule has 0 aromatic heterocycles. The molecule has 0 unspecified atom stereocenters. The number of rotatable bonds is 4. The molecule has 0 saturated carbocycles. The Balaban J connectivity index is 1.94. The van der Waals surface area contributed by atoms with Gasteiger partial charge in [-0.3, -0.25) is 4.79 Å². The zero-order chi connectivity index (χ0) is 17.0. The zero-order valence-electron chi connectivity index (χ0n) is 12.1. The molecule has 2 rings (SSSR count). The summed E-state index contributed by atoms with van der Waals surface area (Å²) in [6.45, 7) is 1.38. The molecule has 0 spiro atoms. The van der Waals surface area contributed by atoms with Crippen molar-refractivity contribution < 1.29 is 19.4 Å². The second-order valence-corrected chi connectivity index (χ2v) is 6.10. The fourth-order valence-electron chi connectivity index (χ4n) is 1.84. The first-order valence-corrected chi connectivity index (χ1v) is 7.75. The van der Waals surface area contributed by atoms with Gasteiger partial charge in [0.2, 0.25) is 0 Å². The lowest BCUT2D eigenvalue weighted by Gasteiger charge is -2.10. The van der Waals surface area contributed by atoms with E-state index in [2.05, 4.69) is 21.2 Å². The molecule has 0 saturated heterocycles. The third-order valence-corrected chi connectivity index (χ3v) is 3.70. The van der Waals surface area contributed by atoms with E-state index in [-0.39, 0.29) is 11.3 Å².